The van der Waals surface area contributed by atoms with E-state index in [1.54, 1.807) is 25.3 Å². The molecule has 1 atom stereocenters. The number of anilines is 1. The van der Waals surface area contributed by atoms with Crippen LogP contribution in [0.15, 0.2) is 48.5 Å². The lowest BCUT2D eigenvalue weighted by Crippen LogP contribution is -2.50. The van der Waals surface area contributed by atoms with E-state index in [0.29, 0.717) is 35.3 Å². The summed E-state index contributed by atoms with van der Waals surface area (Å²) in [5.41, 5.74) is 2.78. The number of phosphoric acid groups is 1. The summed E-state index contributed by atoms with van der Waals surface area (Å²) < 4.78 is 32.2. The highest BCUT2D eigenvalue weighted by Gasteiger charge is 2.25. The molecule has 0 aromatic heterocycles. The predicted molar refractivity (Wildman–Crippen MR) is 140 cm³/mol. The highest BCUT2D eigenvalue weighted by Crippen LogP contribution is 2.42. The van der Waals surface area contributed by atoms with Gasteiger partial charge in [0, 0.05) is 12.1 Å². The van der Waals surface area contributed by atoms with Crippen molar-refractivity contribution in [2.45, 2.75) is 33.6 Å². The topological polar surface area (TPSA) is 127 Å². The number of benzene rings is 2. The maximum absolute atomic E-state index is 12.3. The van der Waals surface area contributed by atoms with Crippen molar-refractivity contribution >= 4 is 19.6 Å². The molecule has 10 nitrogen and oxygen atoms in total. The van der Waals surface area contributed by atoms with Gasteiger partial charge in [0.1, 0.15) is 18.9 Å². The molecule has 202 valence electrons. The number of carbonyl (C=O) groups excluding carboxylic acids is 1. The van der Waals surface area contributed by atoms with Gasteiger partial charge in [-0.05, 0) is 62.6 Å². The molecular weight excluding hydrogens is 497 g/mol. The summed E-state index contributed by atoms with van der Waals surface area (Å²) in [4.78, 5) is 21.8. The number of likely N-dealkylation sites (N-methyl/N-ethyl adjacent to an activating group) is 1. The van der Waals surface area contributed by atoms with Gasteiger partial charge in [0.25, 0.3) is 6.26 Å². The van der Waals surface area contributed by atoms with Crippen LogP contribution in [-0.4, -0.2) is 61.5 Å². The van der Waals surface area contributed by atoms with Crippen molar-refractivity contribution < 1.29 is 37.3 Å². The Balaban J connectivity index is 1.77. The molecule has 0 aliphatic heterocycles. The number of hydrogen-bond acceptors (Lipinski definition) is 7. The molecule has 1 amide bonds. The van der Waals surface area contributed by atoms with Gasteiger partial charge in [-0.15, -0.1) is 5.26 Å². The minimum absolute atomic E-state index is 0.108. The lowest BCUT2D eigenvalue weighted by molar-refractivity contribution is -0.925. The van der Waals surface area contributed by atoms with E-state index >= 15 is 0 Å². The molecule has 0 bridgehead atoms. The van der Waals surface area contributed by atoms with E-state index in [-0.39, 0.29) is 19.8 Å². The van der Waals surface area contributed by atoms with E-state index in [9.17, 15) is 14.3 Å². The van der Waals surface area contributed by atoms with Crippen molar-refractivity contribution in [3.8, 4) is 12.0 Å². The third-order valence-electron chi connectivity index (χ3n) is 6.16. The van der Waals surface area contributed by atoms with Crippen molar-refractivity contribution in [3.05, 3.63) is 59.7 Å². The molecule has 2 aromatic rings. The highest BCUT2D eigenvalue weighted by atomic mass is 31.2. The zero-order valence-corrected chi connectivity index (χ0v) is 22.6. The van der Waals surface area contributed by atoms with Crippen LogP contribution in [0.3, 0.4) is 0 Å². The molecule has 1 unspecified atom stereocenters. The van der Waals surface area contributed by atoms with Crippen LogP contribution in [0.1, 0.15) is 38.3 Å². The van der Waals surface area contributed by atoms with Crippen LogP contribution < -0.4 is 10.1 Å². The van der Waals surface area contributed by atoms with Crippen LogP contribution >= 0.6 is 7.82 Å². The maximum Gasteiger partial charge on any atom is 0.472 e. The molecule has 11 heteroatoms. The van der Waals surface area contributed by atoms with Crippen LogP contribution in [0.25, 0.3) is 0 Å². The van der Waals surface area contributed by atoms with Gasteiger partial charge in [0.15, 0.2) is 0 Å². The van der Waals surface area contributed by atoms with E-state index in [4.69, 9.17) is 23.8 Å². The molecule has 0 fully saturated rings. The summed E-state index contributed by atoms with van der Waals surface area (Å²) >= 11 is 0. The van der Waals surface area contributed by atoms with Gasteiger partial charge in [0.05, 0.1) is 32.8 Å². The van der Waals surface area contributed by atoms with E-state index < -0.39 is 13.9 Å². The van der Waals surface area contributed by atoms with Crippen LogP contribution in [0.5, 0.6) is 5.75 Å². The zero-order valence-electron chi connectivity index (χ0n) is 21.7. The maximum atomic E-state index is 12.3. The average Bonchev–Trinajstić information content (AvgIpc) is 2.88. The first-order valence-corrected chi connectivity index (χ1v) is 13.9. The van der Waals surface area contributed by atoms with Crippen molar-refractivity contribution in [1.82, 2.24) is 0 Å². The molecule has 2 aromatic carbocycles. The fourth-order valence-corrected chi connectivity index (χ4v) is 4.66. The first-order valence-electron chi connectivity index (χ1n) is 12.4. The van der Waals surface area contributed by atoms with Gasteiger partial charge in [-0.2, -0.15) is 0 Å². The van der Waals surface area contributed by atoms with Gasteiger partial charge in [0.2, 0.25) is 0 Å². The highest BCUT2D eigenvalue weighted by molar-refractivity contribution is 7.47. The summed E-state index contributed by atoms with van der Waals surface area (Å²) in [6, 6.07) is 14.8. The molecule has 2 rings (SSSR count). The SMILES string of the molecule is CCOP(=O)(O)OCCC[N+](CC)(CC)CCOC(=O)Nc1ccc(Cc2ccc(OC#N)cc2)cc1. The smallest absolute Gasteiger partial charge is 0.443 e. The fraction of sp³-hybridized carbons (Fsp3) is 0.462. The summed E-state index contributed by atoms with van der Waals surface area (Å²) in [5, 5.41) is 11.3. The minimum atomic E-state index is -3.98. The number of nitriles is 1. The van der Waals surface area contributed by atoms with Crippen molar-refractivity contribution in [3.63, 3.8) is 0 Å². The Morgan fingerprint density at radius 2 is 1.59 bits per heavy atom. The quantitative estimate of drug-likeness (QED) is 0.132. The van der Waals surface area contributed by atoms with Crippen molar-refractivity contribution in [1.29, 1.82) is 5.26 Å². The van der Waals surface area contributed by atoms with Crippen LogP contribution in [0.4, 0.5) is 10.5 Å². The van der Waals surface area contributed by atoms with E-state index in [1.165, 1.54) is 0 Å². The molecule has 0 saturated carbocycles. The largest absolute Gasteiger partial charge is 0.472 e. The van der Waals surface area contributed by atoms with Gasteiger partial charge < -0.3 is 18.9 Å². The average molecular weight is 535 g/mol. The molecule has 0 heterocycles. The first-order chi connectivity index (χ1) is 17.7. The number of rotatable bonds is 16. The zero-order chi connectivity index (χ0) is 27.2. The van der Waals surface area contributed by atoms with Crippen molar-refractivity contribution in [2.24, 2.45) is 0 Å². The van der Waals surface area contributed by atoms with Crippen LogP contribution in [0, 0.1) is 11.5 Å². The Kier molecular flexibility index (Phi) is 12.6. The molecule has 0 radical (unpaired) electrons. The Morgan fingerprint density at radius 1 is 0.973 bits per heavy atom. The third-order valence-corrected chi connectivity index (χ3v) is 7.25. The Morgan fingerprint density at radius 3 is 2.16 bits per heavy atom. The number of amides is 1. The van der Waals surface area contributed by atoms with E-state index in [1.807, 2.05) is 36.4 Å². The number of hydrogen-bond donors (Lipinski definition) is 2. The number of quaternary nitrogens is 1. The second kappa shape index (κ2) is 15.4. The Bertz CT molecular complexity index is 1050. The second-order valence-corrected chi connectivity index (χ2v) is 9.92. The number of carbonyl (C=O) groups is 1. The fourth-order valence-electron chi connectivity index (χ4n) is 3.90. The Labute approximate surface area is 218 Å². The summed E-state index contributed by atoms with van der Waals surface area (Å²) in [6.07, 6.45) is 2.41. The molecule has 0 saturated heterocycles. The van der Waals surface area contributed by atoms with Crippen molar-refractivity contribution in [2.75, 3.05) is 51.3 Å². The standard InChI is InChI=1S/C26H36N3O7P/c1-4-29(5-2,16-7-18-36-37(31,32)35-6-3)17-19-33-26(30)28-24-12-8-22(9-13-24)20-23-10-14-25(15-11-23)34-21-27/h8-15H,4-7,16-20H2,1-3H3,(H-,28,30,31,32)/p+1. The molecular formula is C26H37N3O7P+. The normalized spacial score (nSPS) is 12.8. The lowest BCUT2D eigenvalue weighted by atomic mass is 10.0. The molecule has 2 N–H and O–H groups in total. The van der Waals surface area contributed by atoms with Crippen LogP contribution in [-0.2, 0) is 24.8 Å². The summed E-state index contributed by atoms with van der Waals surface area (Å²) in [6.45, 7) is 9.25. The summed E-state index contributed by atoms with van der Waals surface area (Å²) in [7, 11) is -3.98. The van der Waals surface area contributed by atoms with Gasteiger partial charge >= 0.3 is 13.9 Å². The Hall–Kier alpha value is -2.93. The van der Waals surface area contributed by atoms with Crippen LogP contribution in [0.2, 0.25) is 0 Å². The number of nitrogens with one attached hydrogen (secondary N) is 1. The number of phosphoric ester groups is 1. The molecule has 0 spiro atoms. The predicted octanol–water partition coefficient (Wildman–Crippen LogP) is 5.09. The molecule has 0 aliphatic rings. The molecule has 37 heavy (non-hydrogen) atoms. The van der Waals surface area contributed by atoms with Gasteiger partial charge in [-0.3, -0.25) is 14.4 Å². The van der Waals surface area contributed by atoms with Gasteiger partial charge in [-0.25, -0.2) is 9.36 Å². The van der Waals surface area contributed by atoms with Gasteiger partial charge in [-0.1, -0.05) is 24.3 Å². The minimum Gasteiger partial charge on any atom is -0.443 e. The second-order valence-electron chi connectivity index (χ2n) is 8.47. The van der Waals surface area contributed by atoms with E-state index in [2.05, 4.69) is 19.2 Å². The number of ether oxygens (including phenoxy) is 2. The summed E-state index contributed by atoms with van der Waals surface area (Å²) in [5.74, 6) is 0.503. The number of nitrogens with zero attached hydrogens (tertiary/aromatic N) is 2. The monoisotopic (exact) mass is 534 g/mol. The molecule has 0 aliphatic carbocycles. The lowest BCUT2D eigenvalue weighted by Gasteiger charge is -2.36. The first kappa shape index (κ1) is 30.3. The third kappa shape index (κ3) is 10.9. The van der Waals surface area contributed by atoms with E-state index in [0.717, 1.165) is 30.8 Å².